The molecule has 3 rings (SSSR count). The van der Waals surface area contributed by atoms with E-state index in [0.717, 1.165) is 27.9 Å². The van der Waals surface area contributed by atoms with E-state index < -0.39 is 0 Å². The number of benzene rings is 2. The smallest absolute Gasteiger partial charge is 0.278 e. The van der Waals surface area contributed by atoms with E-state index in [1.807, 2.05) is 58.0 Å². The first-order valence-corrected chi connectivity index (χ1v) is 10.5. The lowest BCUT2D eigenvalue weighted by molar-refractivity contribution is -0.137. The molecule has 0 atom stereocenters. The Morgan fingerprint density at radius 3 is 2.43 bits per heavy atom. The molecule has 30 heavy (non-hydrogen) atoms. The van der Waals surface area contributed by atoms with Crippen LogP contribution >= 0.6 is 11.6 Å². The zero-order valence-corrected chi connectivity index (χ0v) is 18.6. The van der Waals surface area contributed by atoms with Gasteiger partial charge in [-0.05, 0) is 69.0 Å². The molecule has 5 nitrogen and oxygen atoms in total. The highest BCUT2D eigenvalue weighted by Crippen LogP contribution is 2.33. The van der Waals surface area contributed by atoms with Crippen LogP contribution < -0.4 is 5.32 Å². The lowest BCUT2D eigenvalue weighted by Gasteiger charge is -2.15. The third-order valence-corrected chi connectivity index (χ3v) is 5.38. The fourth-order valence-corrected chi connectivity index (χ4v) is 3.84. The van der Waals surface area contributed by atoms with Crippen molar-refractivity contribution in [3.8, 4) is 0 Å². The summed E-state index contributed by atoms with van der Waals surface area (Å²) in [5.41, 5.74) is 5.16. The Balaban J connectivity index is 2.01. The lowest BCUT2D eigenvalue weighted by Crippen LogP contribution is -2.34. The van der Waals surface area contributed by atoms with Crippen molar-refractivity contribution in [3.63, 3.8) is 0 Å². The van der Waals surface area contributed by atoms with Gasteiger partial charge in [-0.3, -0.25) is 14.5 Å². The van der Waals surface area contributed by atoms with Gasteiger partial charge in [0.15, 0.2) is 0 Å². The van der Waals surface area contributed by atoms with Crippen molar-refractivity contribution in [1.29, 1.82) is 0 Å². The molecule has 2 amide bonds. The van der Waals surface area contributed by atoms with Crippen LogP contribution in [0.15, 0.2) is 42.1 Å². The minimum absolute atomic E-state index is 0.280. The van der Waals surface area contributed by atoms with Crippen molar-refractivity contribution in [2.24, 2.45) is 0 Å². The molecule has 2 aromatic carbocycles. The van der Waals surface area contributed by atoms with Crippen LogP contribution in [0.5, 0.6) is 0 Å². The number of aryl methyl sites for hydroxylation is 3. The number of halogens is 1. The number of anilines is 1. The van der Waals surface area contributed by atoms with E-state index in [1.54, 1.807) is 6.07 Å². The Bertz CT molecular complexity index is 1010. The Hall–Kier alpha value is -2.63. The fourth-order valence-electron chi connectivity index (χ4n) is 3.61. The third-order valence-electron chi connectivity index (χ3n) is 5.14. The van der Waals surface area contributed by atoms with E-state index in [0.29, 0.717) is 42.5 Å². The van der Waals surface area contributed by atoms with Crippen LogP contribution in [0.3, 0.4) is 0 Å². The minimum atomic E-state index is -0.319. The summed E-state index contributed by atoms with van der Waals surface area (Å²) in [4.78, 5) is 27.9. The molecule has 0 spiro atoms. The highest BCUT2D eigenvalue weighted by Gasteiger charge is 2.39. The van der Waals surface area contributed by atoms with E-state index in [-0.39, 0.29) is 11.8 Å². The van der Waals surface area contributed by atoms with Crippen molar-refractivity contribution in [1.82, 2.24) is 4.90 Å². The van der Waals surface area contributed by atoms with Gasteiger partial charge in [0.1, 0.15) is 5.70 Å². The Labute approximate surface area is 182 Å². The molecule has 158 valence electrons. The molecule has 1 N–H and O–H groups in total. The van der Waals surface area contributed by atoms with E-state index in [9.17, 15) is 9.59 Å². The molecule has 1 aliphatic heterocycles. The number of ether oxygens (including phenoxy) is 1. The molecule has 0 fully saturated rings. The second-order valence-electron chi connectivity index (χ2n) is 7.47. The van der Waals surface area contributed by atoms with Crippen LogP contribution in [0.4, 0.5) is 5.69 Å². The van der Waals surface area contributed by atoms with Gasteiger partial charge in [0, 0.05) is 30.5 Å². The van der Waals surface area contributed by atoms with E-state index >= 15 is 0 Å². The topological polar surface area (TPSA) is 58.6 Å². The Kier molecular flexibility index (Phi) is 6.95. The van der Waals surface area contributed by atoms with Crippen molar-refractivity contribution in [3.05, 3.63) is 69.4 Å². The summed E-state index contributed by atoms with van der Waals surface area (Å²) in [5, 5.41) is 3.83. The highest BCUT2D eigenvalue weighted by atomic mass is 35.5. The van der Waals surface area contributed by atoms with E-state index in [2.05, 4.69) is 5.32 Å². The average molecular weight is 427 g/mol. The molecule has 0 bridgehead atoms. The third kappa shape index (κ3) is 4.58. The molecular weight excluding hydrogens is 400 g/mol. The number of rotatable bonds is 8. The number of hydrogen-bond donors (Lipinski definition) is 1. The molecule has 6 heteroatoms. The van der Waals surface area contributed by atoms with Crippen molar-refractivity contribution in [2.75, 3.05) is 25.1 Å². The summed E-state index contributed by atoms with van der Waals surface area (Å²) in [6.45, 7) is 9.22. The van der Waals surface area contributed by atoms with E-state index in [4.69, 9.17) is 16.3 Å². The quantitative estimate of drug-likeness (QED) is 0.482. The van der Waals surface area contributed by atoms with Crippen molar-refractivity contribution < 1.29 is 14.3 Å². The molecule has 0 aromatic heterocycles. The molecule has 0 saturated heterocycles. The lowest BCUT2D eigenvalue weighted by atomic mass is 9.97. The van der Waals surface area contributed by atoms with Crippen LogP contribution in [0.2, 0.25) is 5.02 Å². The molecule has 0 unspecified atom stereocenters. The first kappa shape index (κ1) is 22.1. The van der Waals surface area contributed by atoms with Crippen LogP contribution in [0.25, 0.3) is 5.57 Å². The number of hydrogen-bond acceptors (Lipinski definition) is 4. The van der Waals surface area contributed by atoms with Gasteiger partial charge in [-0.25, -0.2) is 0 Å². The second kappa shape index (κ2) is 9.45. The monoisotopic (exact) mass is 426 g/mol. The molecule has 0 saturated carbocycles. The average Bonchev–Trinajstić information content (AvgIpc) is 2.91. The number of nitrogens with zero attached hydrogens (tertiary/aromatic N) is 1. The molecule has 0 aliphatic carbocycles. The van der Waals surface area contributed by atoms with Gasteiger partial charge in [0.2, 0.25) is 0 Å². The fraction of sp³-hybridized carbons (Fsp3) is 0.333. The standard InChI is InChI=1S/C24H27ClN2O3/c1-5-30-12-6-11-27-23(28)21(19-9-7-15(2)13-16(19)3)22(24(27)29)26-20-10-8-18(25)14-17(20)4/h7-10,13-14,26H,5-6,11-12H2,1-4H3. The molecule has 2 aromatic rings. The van der Waals surface area contributed by atoms with Crippen molar-refractivity contribution >= 4 is 34.7 Å². The first-order valence-electron chi connectivity index (χ1n) is 10.1. The zero-order chi connectivity index (χ0) is 21.8. The minimum Gasteiger partial charge on any atom is -0.382 e. The summed E-state index contributed by atoms with van der Waals surface area (Å²) in [7, 11) is 0. The Morgan fingerprint density at radius 2 is 1.77 bits per heavy atom. The largest absolute Gasteiger partial charge is 0.382 e. The predicted octanol–water partition coefficient (Wildman–Crippen LogP) is 4.88. The normalized spacial score (nSPS) is 14.1. The Morgan fingerprint density at radius 1 is 1.00 bits per heavy atom. The summed E-state index contributed by atoms with van der Waals surface area (Å²) in [6, 6.07) is 11.3. The summed E-state index contributed by atoms with van der Waals surface area (Å²) >= 11 is 6.07. The van der Waals surface area contributed by atoms with Crippen LogP contribution in [0.1, 0.15) is 35.6 Å². The van der Waals surface area contributed by atoms with Gasteiger partial charge in [-0.15, -0.1) is 0 Å². The van der Waals surface area contributed by atoms with Gasteiger partial charge in [0.25, 0.3) is 11.8 Å². The number of carbonyl (C=O) groups excluding carboxylic acids is 2. The maximum absolute atomic E-state index is 13.3. The number of imide groups is 1. The second-order valence-corrected chi connectivity index (χ2v) is 7.90. The SMILES string of the molecule is CCOCCCN1C(=O)C(Nc2ccc(Cl)cc2C)=C(c2ccc(C)cc2C)C1=O. The molecular formula is C24H27ClN2O3. The first-order chi connectivity index (χ1) is 14.3. The number of amides is 2. The van der Waals surface area contributed by atoms with Crippen LogP contribution in [-0.2, 0) is 14.3 Å². The van der Waals surface area contributed by atoms with Gasteiger partial charge < -0.3 is 10.1 Å². The van der Waals surface area contributed by atoms with Gasteiger partial charge in [0.05, 0.1) is 5.57 Å². The zero-order valence-electron chi connectivity index (χ0n) is 17.8. The van der Waals surface area contributed by atoms with E-state index in [1.165, 1.54) is 4.90 Å². The predicted molar refractivity (Wildman–Crippen MR) is 120 cm³/mol. The molecule has 0 radical (unpaired) electrons. The van der Waals surface area contributed by atoms with Gasteiger partial charge in [-0.2, -0.15) is 0 Å². The van der Waals surface area contributed by atoms with Crippen LogP contribution in [-0.4, -0.2) is 36.5 Å². The molecule has 1 heterocycles. The number of carbonyl (C=O) groups is 2. The summed E-state index contributed by atoms with van der Waals surface area (Å²) in [5.74, 6) is -0.599. The summed E-state index contributed by atoms with van der Waals surface area (Å²) < 4.78 is 5.37. The van der Waals surface area contributed by atoms with Gasteiger partial charge >= 0.3 is 0 Å². The molecule has 1 aliphatic rings. The van der Waals surface area contributed by atoms with Gasteiger partial charge in [-0.1, -0.05) is 35.4 Å². The van der Waals surface area contributed by atoms with Crippen molar-refractivity contribution in [2.45, 2.75) is 34.1 Å². The maximum Gasteiger partial charge on any atom is 0.278 e. The highest BCUT2D eigenvalue weighted by molar-refractivity contribution is 6.36. The summed E-state index contributed by atoms with van der Waals surface area (Å²) in [6.07, 6.45) is 0.596. The maximum atomic E-state index is 13.3. The van der Waals surface area contributed by atoms with Crippen LogP contribution in [0, 0.1) is 20.8 Å². The number of nitrogens with one attached hydrogen (secondary N) is 1.